The third kappa shape index (κ3) is 3.01. The quantitative estimate of drug-likeness (QED) is 0.830. The highest BCUT2D eigenvalue weighted by Crippen LogP contribution is 2.23. The number of azo groups is 1. The summed E-state index contributed by atoms with van der Waals surface area (Å²) in [6.07, 6.45) is 0. The number of nitrogens with two attached hydrogens (primary N) is 1. The van der Waals surface area contributed by atoms with Crippen molar-refractivity contribution in [2.45, 2.75) is 0 Å². The van der Waals surface area contributed by atoms with E-state index in [2.05, 4.69) is 31.1 Å². The summed E-state index contributed by atoms with van der Waals surface area (Å²) in [5.74, 6) is 0.327. The predicted octanol–water partition coefficient (Wildman–Crippen LogP) is 3.55. The van der Waals surface area contributed by atoms with Gasteiger partial charge in [-0.25, -0.2) is 4.98 Å². The van der Waals surface area contributed by atoms with Gasteiger partial charge in [0, 0.05) is 4.47 Å². The Balaban J connectivity index is 2.20. The Morgan fingerprint density at radius 3 is 2.41 bits per heavy atom. The van der Waals surface area contributed by atoms with Crippen molar-refractivity contribution < 1.29 is 5.11 Å². The number of anilines is 1. The topological polar surface area (TPSA) is 83.9 Å². The van der Waals surface area contributed by atoms with Crippen molar-refractivity contribution in [3.05, 3.63) is 40.9 Å². The number of aromatic nitrogens is 1. The van der Waals surface area contributed by atoms with Crippen molar-refractivity contribution in [1.29, 1.82) is 0 Å². The molecule has 0 aliphatic heterocycles. The molecule has 0 fully saturated rings. The number of hydrogen-bond donors (Lipinski definition) is 2. The van der Waals surface area contributed by atoms with Gasteiger partial charge >= 0.3 is 0 Å². The molecule has 0 radical (unpaired) electrons. The van der Waals surface area contributed by atoms with Crippen LogP contribution in [-0.4, -0.2) is 10.1 Å². The van der Waals surface area contributed by atoms with Crippen LogP contribution in [0.1, 0.15) is 0 Å². The number of aromatic hydroxyl groups is 1. The van der Waals surface area contributed by atoms with E-state index in [-0.39, 0.29) is 11.6 Å². The number of rotatable bonds is 2. The number of benzene rings is 1. The minimum absolute atomic E-state index is 0.0391. The second-order valence-electron chi connectivity index (χ2n) is 3.25. The van der Waals surface area contributed by atoms with Gasteiger partial charge in [-0.3, -0.25) is 0 Å². The fourth-order valence-electron chi connectivity index (χ4n) is 1.13. The van der Waals surface area contributed by atoms with Gasteiger partial charge in [0.25, 0.3) is 0 Å². The van der Waals surface area contributed by atoms with Gasteiger partial charge in [0.2, 0.25) is 0 Å². The number of nitrogens with zero attached hydrogens (tertiary/aromatic N) is 3. The van der Waals surface area contributed by atoms with Gasteiger partial charge in [0.1, 0.15) is 0 Å². The zero-order valence-corrected chi connectivity index (χ0v) is 10.3. The van der Waals surface area contributed by atoms with Crippen LogP contribution in [0.3, 0.4) is 0 Å². The highest BCUT2D eigenvalue weighted by atomic mass is 79.9. The molecular formula is C11H9BrN4O. The maximum absolute atomic E-state index is 9.19. The van der Waals surface area contributed by atoms with Gasteiger partial charge in [0.05, 0.1) is 5.69 Å². The van der Waals surface area contributed by atoms with Crippen LogP contribution in [0.15, 0.2) is 51.1 Å². The molecule has 0 saturated carbocycles. The first kappa shape index (κ1) is 11.5. The first-order valence-corrected chi connectivity index (χ1v) is 5.57. The zero-order valence-electron chi connectivity index (χ0n) is 8.71. The van der Waals surface area contributed by atoms with E-state index in [1.165, 1.54) is 12.1 Å². The Hall–Kier alpha value is -1.95. The van der Waals surface area contributed by atoms with Crippen LogP contribution in [0.4, 0.5) is 17.3 Å². The minimum Gasteiger partial charge on any atom is -0.504 e. The minimum atomic E-state index is -0.0624. The van der Waals surface area contributed by atoms with Gasteiger partial charge in [0.15, 0.2) is 17.4 Å². The van der Waals surface area contributed by atoms with E-state index in [1.54, 1.807) is 0 Å². The molecule has 5 nitrogen and oxygen atoms in total. The number of halogens is 1. The fourth-order valence-corrected chi connectivity index (χ4v) is 1.39. The van der Waals surface area contributed by atoms with Crippen LogP contribution < -0.4 is 5.73 Å². The summed E-state index contributed by atoms with van der Waals surface area (Å²) in [5.41, 5.74) is 6.15. The number of nitrogen functional groups attached to an aromatic ring is 1. The Labute approximate surface area is 106 Å². The molecule has 1 aromatic carbocycles. The predicted molar refractivity (Wildman–Crippen MR) is 68.6 cm³/mol. The van der Waals surface area contributed by atoms with Crippen LogP contribution in [-0.2, 0) is 0 Å². The summed E-state index contributed by atoms with van der Waals surface area (Å²) in [4.78, 5) is 3.86. The Kier molecular flexibility index (Phi) is 3.34. The molecule has 2 aromatic rings. The normalized spacial score (nSPS) is 10.9. The van der Waals surface area contributed by atoms with Crippen molar-refractivity contribution in [1.82, 2.24) is 4.98 Å². The van der Waals surface area contributed by atoms with Crippen molar-refractivity contribution in [2.24, 2.45) is 10.2 Å². The molecule has 0 aliphatic carbocycles. The van der Waals surface area contributed by atoms with E-state index in [4.69, 9.17) is 5.73 Å². The Bertz CT molecular complexity index is 554. The first-order valence-electron chi connectivity index (χ1n) is 4.78. The lowest BCUT2D eigenvalue weighted by Gasteiger charge is -1.97. The second kappa shape index (κ2) is 4.92. The second-order valence-corrected chi connectivity index (χ2v) is 4.17. The molecule has 0 saturated heterocycles. The largest absolute Gasteiger partial charge is 0.504 e. The van der Waals surface area contributed by atoms with E-state index in [9.17, 15) is 5.11 Å². The zero-order chi connectivity index (χ0) is 12.3. The molecule has 6 heteroatoms. The molecule has 3 N–H and O–H groups in total. The molecule has 0 amide bonds. The van der Waals surface area contributed by atoms with Crippen LogP contribution in [0.5, 0.6) is 5.75 Å². The van der Waals surface area contributed by atoms with Gasteiger partial charge < -0.3 is 10.8 Å². The average molecular weight is 293 g/mol. The number of hydrogen-bond acceptors (Lipinski definition) is 5. The van der Waals surface area contributed by atoms with Gasteiger partial charge in [-0.2, -0.15) is 0 Å². The Morgan fingerprint density at radius 1 is 1.06 bits per heavy atom. The summed E-state index contributed by atoms with van der Waals surface area (Å²) in [6.45, 7) is 0. The molecule has 17 heavy (non-hydrogen) atoms. The van der Waals surface area contributed by atoms with Gasteiger partial charge in [-0.15, -0.1) is 10.2 Å². The third-order valence-electron chi connectivity index (χ3n) is 1.98. The van der Waals surface area contributed by atoms with E-state index in [0.29, 0.717) is 11.5 Å². The van der Waals surface area contributed by atoms with Gasteiger partial charge in [-0.1, -0.05) is 15.9 Å². The molecule has 86 valence electrons. The maximum Gasteiger partial charge on any atom is 0.176 e. The summed E-state index contributed by atoms with van der Waals surface area (Å²) in [5, 5.41) is 17.1. The van der Waals surface area contributed by atoms with E-state index in [0.717, 1.165) is 4.47 Å². The van der Waals surface area contributed by atoms with E-state index in [1.807, 2.05) is 24.3 Å². The fraction of sp³-hybridized carbons (Fsp3) is 0. The molecule has 2 rings (SSSR count). The van der Waals surface area contributed by atoms with Crippen LogP contribution in [0.2, 0.25) is 0 Å². The lowest BCUT2D eigenvalue weighted by Crippen LogP contribution is -1.88. The molecule has 0 bridgehead atoms. The lowest BCUT2D eigenvalue weighted by molar-refractivity contribution is 0.476. The molecule has 0 unspecified atom stereocenters. The van der Waals surface area contributed by atoms with Crippen molar-refractivity contribution in [3.63, 3.8) is 0 Å². The smallest absolute Gasteiger partial charge is 0.176 e. The van der Waals surface area contributed by atoms with Crippen molar-refractivity contribution >= 4 is 33.3 Å². The summed E-state index contributed by atoms with van der Waals surface area (Å²) in [6, 6.07) is 10.3. The first-order chi connectivity index (χ1) is 8.15. The highest BCUT2D eigenvalue weighted by Gasteiger charge is 1.99. The number of pyridine rings is 1. The van der Waals surface area contributed by atoms with Crippen LogP contribution in [0.25, 0.3) is 0 Å². The molecule has 0 spiro atoms. The molecule has 1 heterocycles. The third-order valence-corrected chi connectivity index (χ3v) is 2.51. The van der Waals surface area contributed by atoms with Crippen LogP contribution >= 0.6 is 15.9 Å². The average Bonchev–Trinajstić information content (AvgIpc) is 2.33. The monoisotopic (exact) mass is 292 g/mol. The van der Waals surface area contributed by atoms with Crippen molar-refractivity contribution in [3.8, 4) is 5.75 Å². The molecule has 0 atom stereocenters. The Morgan fingerprint density at radius 2 is 1.76 bits per heavy atom. The van der Waals surface area contributed by atoms with Crippen LogP contribution in [0, 0.1) is 0 Å². The standard InChI is InChI=1S/C11H9BrN4O/c12-7-1-3-8(4-2-7)15-16-10-6-5-9(17)11(13)14-10/h1-6,17H,(H2,13,14). The SMILES string of the molecule is Nc1nc(N=Nc2ccc(Br)cc2)ccc1O. The molecule has 1 aromatic heterocycles. The van der Waals surface area contributed by atoms with Gasteiger partial charge in [-0.05, 0) is 36.4 Å². The maximum atomic E-state index is 9.19. The molecule has 0 aliphatic rings. The highest BCUT2D eigenvalue weighted by molar-refractivity contribution is 9.10. The van der Waals surface area contributed by atoms with E-state index >= 15 is 0 Å². The van der Waals surface area contributed by atoms with Crippen molar-refractivity contribution in [2.75, 3.05) is 5.73 Å². The summed E-state index contributed by atoms with van der Waals surface area (Å²) in [7, 11) is 0. The van der Waals surface area contributed by atoms with E-state index < -0.39 is 0 Å². The summed E-state index contributed by atoms with van der Waals surface area (Å²) >= 11 is 3.33. The lowest BCUT2D eigenvalue weighted by atomic mass is 10.3. The molecular weight excluding hydrogens is 284 g/mol. The summed E-state index contributed by atoms with van der Waals surface area (Å²) < 4.78 is 0.975.